The van der Waals surface area contributed by atoms with E-state index in [4.69, 9.17) is 11.6 Å². The maximum Gasteiger partial charge on any atom is 0.223 e. The lowest BCUT2D eigenvalue weighted by molar-refractivity contribution is -0.121. The Kier molecular flexibility index (Phi) is 6.36. The molecule has 4 nitrogen and oxygen atoms in total. The highest BCUT2D eigenvalue weighted by Gasteiger charge is 2.13. The third-order valence-corrected chi connectivity index (χ3v) is 2.87. The third-order valence-electron chi connectivity index (χ3n) is 2.63. The summed E-state index contributed by atoms with van der Waals surface area (Å²) >= 11 is 5.91. The molecule has 0 bridgehead atoms. The van der Waals surface area contributed by atoms with Gasteiger partial charge in [-0.3, -0.25) is 9.59 Å². The van der Waals surface area contributed by atoms with Crippen molar-refractivity contribution >= 4 is 29.1 Å². The lowest BCUT2D eigenvalue weighted by Gasteiger charge is -2.21. The van der Waals surface area contributed by atoms with E-state index in [1.165, 1.54) is 6.92 Å². The molecule has 0 aliphatic heterocycles. The molecular formula is C14H19ClN2O2. The highest BCUT2D eigenvalue weighted by Crippen LogP contribution is 2.19. The average molecular weight is 283 g/mol. The van der Waals surface area contributed by atoms with Gasteiger partial charge in [-0.05, 0) is 24.6 Å². The summed E-state index contributed by atoms with van der Waals surface area (Å²) in [5, 5.41) is 3.36. The van der Waals surface area contributed by atoms with E-state index < -0.39 is 0 Å². The Balaban J connectivity index is 2.64. The number of benzene rings is 1. The first-order valence-corrected chi connectivity index (χ1v) is 6.72. The van der Waals surface area contributed by atoms with Gasteiger partial charge in [0.25, 0.3) is 0 Å². The Morgan fingerprint density at radius 3 is 2.68 bits per heavy atom. The second kappa shape index (κ2) is 7.79. The van der Waals surface area contributed by atoms with E-state index in [0.29, 0.717) is 23.8 Å². The van der Waals surface area contributed by atoms with Crippen molar-refractivity contribution in [2.24, 2.45) is 0 Å². The van der Waals surface area contributed by atoms with Gasteiger partial charge in [0.05, 0.1) is 0 Å². The monoisotopic (exact) mass is 282 g/mol. The summed E-state index contributed by atoms with van der Waals surface area (Å²) in [4.78, 5) is 24.7. The molecule has 1 aromatic rings. The van der Waals surface area contributed by atoms with Crippen molar-refractivity contribution in [2.45, 2.75) is 26.7 Å². The fourth-order valence-corrected chi connectivity index (χ4v) is 1.86. The quantitative estimate of drug-likeness (QED) is 0.872. The summed E-state index contributed by atoms with van der Waals surface area (Å²) in [7, 11) is 0. The van der Waals surface area contributed by atoms with Crippen LogP contribution < -0.4 is 10.2 Å². The zero-order valence-electron chi connectivity index (χ0n) is 11.3. The molecule has 0 radical (unpaired) electrons. The van der Waals surface area contributed by atoms with E-state index in [1.54, 1.807) is 29.2 Å². The maximum atomic E-state index is 11.6. The van der Waals surface area contributed by atoms with Crippen LogP contribution in [0.5, 0.6) is 0 Å². The van der Waals surface area contributed by atoms with Crippen LogP contribution in [0, 0.1) is 0 Å². The zero-order chi connectivity index (χ0) is 14.3. The van der Waals surface area contributed by atoms with Gasteiger partial charge < -0.3 is 10.2 Å². The van der Waals surface area contributed by atoms with Crippen LogP contribution in [-0.2, 0) is 9.59 Å². The summed E-state index contributed by atoms with van der Waals surface area (Å²) in [6.45, 7) is 4.49. The number of nitrogens with zero attached hydrogens (tertiary/aromatic N) is 1. The second-order valence-corrected chi connectivity index (χ2v) is 4.69. The van der Waals surface area contributed by atoms with Crippen LogP contribution in [-0.4, -0.2) is 24.9 Å². The first kappa shape index (κ1) is 15.5. The van der Waals surface area contributed by atoms with Gasteiger partial charge in [0.15, 0.2) is 0 Å². The smallest absolute Gasteiger partial charge is 0.223 e. The molecule has 0 atom stereocenters. The Morgan fingerprint density at radius 1 is 1.37 bits per heavy atom. The summed E-state index contributed by atoms with van der Waals surface area (Å²) < 4.78 is 0. The Bertz CT molecular complexity index is 449. The number of hydrogen-bond acceptors (Lipinski definition) is 2. The fourth-order valence-electron chi connectivity index (χ4n) is 1.68. The number of amides is 2. The number of rotatable bonds is 6. The number of carbonyl (C=O) groups excluding carboxylic acids is 2. The summed E-state index contributed by atoms with van der Waals surface area (Å²) in [6.07, 6.45) is 1.18. The molecule has 0 aliphatic carbocycles. The van der Waals surface area contributed by atoms with Gasteiger partial charge in [0, 0.05) is 37.1 Å². The van der Waals surface area contributed by atoms with Crippen molar-refractivity contribution < 1.29 is 9.59 Å². The molecule has 5 heteroatoms. The Hall–Kier alpha value is -1.55. The first-order chi connectivity index (χ1) is 9.04. The SMILES string of the molecule is CCCNC(=O)CCN(C(C)=O)c1cccc(Cl)c1. The van der Waals surface area contributed by atoms with Gasteiger partial charge in [0.2, 0.25) is 11.8 Å². The second-order valence-electron chi connectivity index (χ2n) is 4.25. The normalized spacial score (nSPS) is 10.1. The molecule has 0 fully saturated rings. The number of nitrogens with one attached hydrogen (secondary N) is 1. The molecule has 0 heterocycles. The summed E-state index contributed by atoms with van der Waals surface area (Å²) in [6, 6.07) is 7.05. The molecule has 0 aliphatic rings. The van der Waals surface area contributed by atoms with Crippen molar-refractivity contribution in [2.75, 3.05) is 18.0 Å². The number of anilines is 1. The van der Waals surface area contributed by atoms with Gasteiger partial charge in [-0.25, -0.2) is 0 Å². The lowest BCUT2D eigenvalue weighted by atomic mass is 10.2. The molecule has 104 valence electrons. The van der Waals surface area contributed by atoms with E-state index in [2.05, 4.69) is 5.32 Å². The third kappa shape index (κ3) is 5.30. The molecule has 2 amide bonds. The summed E-state index contributed by atoms with van der Waals surface area (Å²) in [5.74, 6) is -0.152. The van der Waals surface area contributed by atoms with Crippen molar-refractivity contribution in [3.8, 4) is 0 Å². The fraction of sp³-hybridized carbons (Fsp3) is 0.429. The van der Waals surface area contributed by atoms with Gasteiger partial charge in [-0.15, -0.1) is 0 Å². The molecule has 0 aromatic heterocycles. The lowest BCUT2D eigenvalue weighted by Crippen LogP contribution is -2.34. The molecule has 0 saturated carbocycles. The van der Waals surface area contributed by atoms with E-state index in [9.17, 15) is 9.59 Å². The zero-order valence-corrected chi connectivity index (χ0v) is 12.0. The highest BCUT2D eigenvalue weighted by atomic mass is 35.5. The van der Waals surface area contributed by atoms with E-state index in [-0.39, 0.29) is 18.2 Å². The van der Waals surface area contributed by atoms with Crippen LogP contribution >= 0.6 is 11.6 Å². The largest absolute Gasteiger partial charge is 0.356 e. The molecular weight excluding hydrogens is 264 g/mol. The van der Waals surface area contributed by atoms with E-state index in [1.807, 2.05) is 6.92 Å². The van der Waals surface area contributed by atoms with E-state index >= 15 is 0 Å². The minimum Gasteiger partial charge on any atom is -0.356 e. The molecule has 0 unspecified atom stereocenters. The van der Waals surface area contributed by atoms with Gasteiger partial charge >= 0.3 is 0 Å². The number of carbonyl (C=O) groups is 2. The minimum atomic E-state index is -0.106. The van der Waals surface area contributed by atoms with Crippen LogP contribution in [0.15, 0.2) is 24.3 Å². The van der Waals surface area contributed by atoms with Crippen molar-refractivity contribution in [1.82, 2.24) is 5.32 Å². The number of hydrogen-bond donors (Lipinski definition) is 1. The molecule has 0 spiro atoms. The van der Waals surface area contributed by atoms with Crippen molar-refractivity contribution in [1.29, 1.82) is 0 Å². The minimum absolute atomic E-state index is 0.0462. The molecule has 19 heavy (non-hydrogen) atoms. The molecule has 0 saturated heterocycles. The molecule has 1 rings (SSSR count). The first-order valence-electron chi connectivity index (χ1n) is 6.35. The van der Waals surface area contributed by atoms with E-state index in [0.717, 1.165) is 6.42 Å². The molecule has 1 N–H and O–H groups in total. The molecule has 1 aromatic carbocycles. The van der Waals surface area contributed by atoms with Crippen molar-refractivity contribution in [3.05, 3.63) is 29.3 Å². The van der Waals surface area contributed by atoms with Crippen LogP contribution in [0.2, 0.25) is 5.02 Å². The predicted octanol–water partition coefficient (Wildman–Crippen LogP) is 2.61. The topological polar surface area (TPSA) is 49.4 Å². The van der Waals surface area contributed by atoms with Gasteiger partial charge in [-0.1, -0.05) is 24.6 Å². The predicted molar refractivity (Wildman–Crippen MR) is 77.4 cm³/mol. The summed E-state index contributed by atoms with van der Waals surface area (Å²) in [5.41, 5.74) is 0.711. The number of halogens is 1. The van der Waals surface area contributed by atoms with Crippen LogP contribution in [0.3, 0.4) is 0 Å². The highest BCUT2D eigenvalue weighted by molar-refractivity contribution is 6.30. The van der Waals surface area contributed by atoms with Gasteiger partial charge in [0.1, 0.15) is 0 Å². The van der Waals surface area contributed by atoms with Gasteiger partial charge in [-0.2, -0.15) is 0 Å². The van der Waals surface area contributed by atoms with Crippen LogP contribution in [0.1, 0.15) is 26.7 Å². The van der Waals surface area contributed by atoms with Crippen LogP contribution in [0.4, 0.5) is 5.69 Å². The standard InChI is InChI=1S/C14H19ClN2O2/c1-3-8-16-14(19)7-9-17(11(2)18)13-6-4-5-12(15)10-13/h4-6,10H,3,7-9H2,1-2H3,(H,16,19). The Labute approximate surface area is 118 Å². The Morgan fingerprint density at radius 2 is 2.11 bits per heavy atom. The van der Waals surface area contributed by atoms with Crippen molar-refractivity contribution in [3.63, 3.8) is 0 Å². The maximum absolute atomic E-state index is 11.6. The average Bonchev–Trinajstić information content (AvgIpc) is 2.36. The van der Waals surface area contributed by atoms with Crippen LogP contribution in [0.25, 0.3) is 0 Å².